The number of carboxylic acid groups (broad SMARTS) is 1. The van der Waals surface area contributed by atoms with E-state index in [1.165, 1.54) is 0 Å². The summed E-state index contributed by atoms with van der Waals surface area (Å²) in [7, 11) is -5.70. The van der Waals surface area contributed by atoms with E-state index in [9.17, 15) is 77.5 Å². The number of hydrogen-bond donors (Lipinski definition) is 12. The fourth-order valence-corrected chi connectivity index (χ4v) is 10.9. The molecule has 0 radical (unpaired) electrons. The van der Waals surface area contributed by atoms with Gasteiger partial charge in [-0.1, -0.05) is 12.8 Å². The molecule has 29 nitrogen and oxygen atoms in total. The van der Waals surface area contributed by atoms with E-state index in [1.54, 1.807) is 0 Å². The SMILES string of the molecule is CC(=O)N[C@H]1[C@H](O[C@H]2[C@H](O)[C@@H](O)[C@H](O[C@@H]3[C@@H](NC(C)=O)[C@H](OCCNC(=O)CCCCCNC(=O)CCCC[C@@H]4SC[C@@H]5NC(=O)N[C@@H]54)O[C@H](CO)[C@@H]3OS(=O)(=O)[O-])O[C@@H]2C(=O)[O-])O[C@H](CO)[C@H](O)[C@@H]1O.[Na+].[Na+]. The number of unbranched alkanes of at least 4 members (excludes halogenated alkanes) is 3. The van der Waals surface area contributed by atoms with E-state index >= 15 is 0 Å². The van der Waals surface area contributed by atoms with Gasteiger partial charge in [0.25, 0.3) is 0 Å². The average Bonchev–Trinajstić information content (AvgIpc) is 3.86. The van der Waals surface area contributed by atoms with Crippen molar-refractivity contribution in [1.82, 2.24) is 31.9 Å². The van der Waals surface area contributed by atoms with Crippen molar-refractivity contribution in [1.29, 1.82) is 0 Å². The maximum absolute atomic E-state index is 12.6. The van der Waals surface area contributed by atoms with Gasteiger partial charge in [-0.15, -0.1) is 0 Å². The molecule has 18 atom stereocenters. The molecule has 0 spiro atoms. The molecule has 0 aromatic carbocycles. The van der Waals surface area contributed by atoms with Crippen LogP contribution in [0, 0.1) is 0 Å². The molecule has 0 aromatic heterocycles. The Hall–Kier alpha value is -1.64. The van der Waals surface area contributed by atoms with Gasteiger partial charge in [0.15, 0.2) is 18.9 Å². The number of aliphatic hydroxyl groups is 6. The molecule has 0 aliphatic carbocycles. The molecule has 6 amide bonds. The van der Waals surface area contributed by atoms with Crippen LogP contribution in [-0.4, -0.2) is 227 Å². The maximum Gasteiger partial charge on any atom is 1.00 e. The van der Waals surface area contributed by atoms with Crippen molar-refractivity contribution in [3.8, 4) is 0 Å². The van der Waals surface area contributed by atoms with Crippen molar-refractivity contribution in [3.05, 3.63) is 0 Å². The van der Waals surface area contributed by atoms with Gasteiger partial charge in [-0.25, -0.2) is 13.2 Å². The van der Waals surface area contributed by atoms with Gasteiger partial charge in [-0.2, -0.15) is 11.8 Å². The van der Waals surface area contributed by atoms with Crippen LogP contribution < -0.4 is 96.1 Å². The number of ether oxygens (including phenoxy) is 6. The molecular formula is C40H64N6Na2O23S2. The van der Waals surface area contributed by atoms with Crippen LogP contribution in [0.5, 0.6) is 0 Å². The largest absolute Gasteiger partial charge is 1.00 e. The predicted molar refractivity (Wildman–Crippen MR) is 233 cm³/mol. The Balaban J connectivity index is 0.00000703. The standard InChI is InChI=1S/C40H66N6O23S2.2Na/c1-17(49)43-26-29(54)28(53)20(14-47)64-38(26)67-34-30(55)31(56)39(68-35(34)36(57)58)66-33-27(44-18(2)50)37(65-21(15-48)32(33)69-71(60,61)62)63-13-12-42-24(52)9-4-3-7-11-41-23(51)10-6-5-8-22-25-19(16-70-22)45-40(59)46-25;;/h19-22,25-35,37-39,47-48,53-56H,3-16H2,1-2H3,(H,41,51)(H,42,52)(H,43,49)(H,44,50)(H,57,58)(H2,45,46,59)(H,60,61,62);;/q;2*+1/p-2/t19-,20+,21+,22-,25-,26+,27+,28-,29+,30+,31+,32-,33+,34-,35-,37+,38-,39+;;/m0../s1. The van der Waals surface area contributed by atoms with Crippen LogP contribution in [0.4, 0.5) is 4.79 Å². The molecule has 73 heavy (non-hydrogen) atoms. The number of carboxylic acids is 1. The van der Waals surface area contributed by atoms with Crippen LogP contribution in [-0.2, 0) is 67.0 Å². The molecular weight excluding hydrogens is 1040 g/mol. The van der Waals surface area contributed by atoms with Crippen LogP contribution in [0.2, 0.25) is 0 Å². The molecule has 0 saturated carbocycles. The van der Waals surface area contributed by atoms with Crippen LogP contribution in [0.25, 0.3) is 0 Å². The van der Waals surface area contributed by atoms with Gasteiger partial charge in [0.2, 0.25) is 34.0 Å². The Labute approximate surface area is 468 Å². The molecule has 33 heteroatoms. The number of aliphatic hydroxyl groups excluding tert-OH is 6. The van der Waals surface area contributed by atoms with Crippen LogP contribution >= 0.6 is 11.8 Å². The van der Waals surface area contributed by atoms with E-state index in [1.807, 2.05) is 11.8 Å². The van der Waals surface area contributed by atoms with Gasteiger partial charge in [0.1, 0.15) is 73.1 Å². The second kappa shape index (κ2) is 31.1. The summed E-state index contributed by atoms with van der Waals surface area (Å²) in [5.41, 5.74) is 0. The first-order valence-corrected chi connectivity index (χ1v) is 25.4. The monoisotopic (exact) mass is 1110 g/mol. The normalized spacial score (nSPS) is 34.9. The zero-order chi connectivity index (χ0) is 52.2. The Morgan fingerprint density at radius 3 is 1.95 bits per heavy atom. The minimum absolute atomic E-state index is 0. The summed E-state index contributed by atoms with van der Waals surface area (Å²) >= 11 is 1.82. The summed E-state index contributed by atoms with van der Waals surface area (Å²) in [6.45, 7) is -0.0975. The van der Waals surface area contributed by atoms with Crippen LogP contribution in [0.15, 0.2) is 0 Å². The molecule has 0 aromatic rings. The fourth-order valence-electron chi connectivity index (χ4n) is 8.81. The fraction of sp³-hybridized carbons (Fsp3) is 0.850. The number of thioether (sulfide) groups is 1. The third kappa shape index (κ3) is 19.1. The molecule has 5 saturated heterocycles. The van der Waals surface area contributed by atoms with Crippen molar-refractivity contribution in [2.24, 2.45) is 0 Å². The van der Waals surface area contributed by atoms with E-state index in [-0.39, 0.29) is 109 Å². The number of rotatable bonds is 26. The van der Waals surface area contributed by atoms with Gasteiger partial charge >= 0.3 is 65.1 Å². The molecule has 5 aliphatic rings. The molecule has 5 aliphatic heterocycles. The van der Waals surface area contributed by atoms with E-state index < -0.39 is 133 Å². The van der Waals surface area contributed by atoms with Gasteiger partial charge in [-0.3, -0.25) is 23.4 Å². The number of carbonyl (C=O) groups excluding carboxylic acids is 6. The van der Waals surface area contributed by atoms with Crippen molar-refractivity contribution >= 4 is 57.8 Å². The summed E-state index contributed by atoms with van der Waals surface area (Å²) in [5.74, 6) is -3.35. The smallest absolute Gasteiger partial charge is 0.726 e. The second-order valence-electron chi connectivity index (χ2n) is 17.5. The van der Waals surface area contributed by atoms with Gasteiger partial charge < -0.3 is 105 Å². The third-order valence-corrected chi connectivity index (χ3v) is 14.2. The summed E-state index contributed by atoms with van der Waals surface area (Å²) in [5, 5.41) is 92.2. The van der Waals surface area contributed by atoms with Gasteiger partial charge in [0.05, 0.1) is 37.9 Å². The molecule has 5 heterocycles. The molecule has 5 fully saturated rings. The summed E-state index contributed by atoms with van der Waals surface area (Å²) in [4.78, 5) is 73.4. The average molecular weight is 1110 g/mol. The number of nitrogens with one attached hydrogen (secondary N) is 6. The zero-order valence-corrected chi connectivity index (χ0v) is 46.4. The second-order valence-corrected chi connectivity index (χ2v) is 19.8. The summed E-state index contributed by atoms with van der Waals surface area (Å²) in [6, 6.07) is -3.26. The Morgan fingerprint density at radius 1 is 0.726 bits per heavy atom. The number of aliphatic carboxylic acids is 1. The van der Waals surface area contributed by atoms with Crippen LogP contribution in [0.1, 0.15) is 65.2 Å². The third-order valence-electron chi connectivity index (χ3n) is 12.2. The van der Waals surface area contributed by atoms with E-state index in [2.05, 4.69) is 36.1 Å². The first-order valence-electron chi connectivity index (χ1n) is 23.1. The zero-order valence-electron chi connectivity index (χ0n) is 40.7. The van der Waals surface area contributed by atoms with E-state index in [0.29, 0.717) is 37.5 Å². The van der Waals surface area contributed by atoms with Crippen molar-refractivity contribution in [2.75, 3.05) is 38.7 Å². The number of amides is 6. The molecule has 5 rings (SSSR count). The van der Waals surface area contributed by atoms with Crippen LogP contribution in [0.3, 0.4) is 0 Å². The van der Waals surface area contributed by atoms with Crippen molar-refractivity contribution < 1.29 is 169 Å². The molecule has 0 unspecified atom stereocenters. The number of carbonyl (C=O) groups is 6. The van der Waals surface area contributed by atoms with Crippen molar-refractivity contribution in [3.63, 3.8) is 0 Å². The quantitative estimate of drug-likeness (QED) is 0.0126. The van der Waals surface area contributed by atoms with Crippen molar-refractivity contribution in [2.45, 2.75) is 175 Å². The number of hydrogen-bond acceptors (Lipinski definition) is 24. The van der Waals surface area contributed by atoms with Gasteiger partial charge in [0, 0.05) is 50.8 Å². The predicted octanol–water partition coefficient (Wildman–Crippen LogP) is -13.5. The molecule has 406 valence electrons. The minimum atomic E-state index is -5.70. The Kier molecular flexibility index (Phi) is 27.9. The van der Waals surface area contributed by atoms with Gasteiger partial charge in [-0.05, 0) is 25.7 Å². The van der Waals surface area contributed by atoms with E-state index in [0.717, 1.165) is 38.9 Å². The Bertz CT molecular complexity index is 1940. The first-order chi connectivity index (χ1) is 33.6. The molecule has 0 bridgehead atoms. The summed E-state index contributed by atoms with van der Waals surface area (Å²) < 4.78 is 74.2. The topological polar surface area (TPSA) is 441 Å². The maximum atomic E-state index is 12.6. The van der Waals surface area contributed by atoms with E-state index in [4.69, 9.17) is 28.4 Å². The first kappa shape index (κ1) is 65.6. The number of fused-ring (bicyclic) bond motifs is 1. The number of urea groups is 1. The molecule has 12 N–H and O–H groups in total. The summed E-state index contributed by atoms with van der Waals surface area (Å²) in [6.07, 6.45) is -22.0. The minimum Gasteiger partial charge on any atom is -0.726 e. The Morgan fingerprint density at radius 2 is 1.33 bits per heavy atom.